The predicted octanol–water partition coefficient (Wildman–Crippen LogP) is 3.88. The first-order valence-corrected chi connectivity index (χ1v) is 7.46. The molecule has 3 heteroatoms. The van der Waals surface area contributed by atoms with Crippen LogP contribution in [0.2, 0.25) is 0 Å². The number of halogens is 1. The Morgan fingerprint density at radius 1 is 1.33 bits per heavy atom. The van der Waals surface area contributed by atoms with E-state index in [1.807, 2.05) is 18.2 Å². The number of aromatic nitrogens is 1. The fraction of sp³-hybridized carbons (Fsp3) is 0.667. The van der Waals surface area contributed by atoms with Crippen LogP contribution in [0.3, 0.4) is 0 Å². The molecule has 2 aliphatic rings. The summed E-state index contributed by atoms with van der Waals surface area (Å²) >= 11 is 3.41. The monoisotopic (exact) mass is 309 g/mol. The Labute approximate surface area is 117 Å². The van der Waals surface area contributed by atoms with Gasteiger partial charge in [-0.15, -0.1) is 0 Å². The second-order valence-electron chi connectivity index (χ2n) is 6.70. The lowest BCUT2D eigenvalue weighted by atomic mass is 9.63. The lowest BCUT2D eigenvalue weighted by Crippen LogP contribution is -2.45. The molecule has 0 aliphatic heterocycles. The number of fused-ring (bicyclic) bond motifs is 2. The van der Waals surface area contributed by atoms with E-state index < -0.39 is 5.60 Å². The van der Waals surface area contributed by atoms with E-state index in [-0.39, 0.29) is 10.8 Å². The first-order chi connectivity index (χ1) is 8.31. The summed E-state index contributed by atoms with van der Waals surface area (Å²) in [4.78, 5) is 4.52. The van der Waals surface area contributed by atoms with Gasteiger partial charge in [0.1, 0.15) is 10.2 Å². The fourth-order valence-corrected chi connectivity index (χ4v) is 4.64. The molecule has 0 aromatic carbocycles. The zero-order valence-corrected chi connectivity index (χ0v) is 12.8. The van der Waals surface area contributed by atoms with Gasteiger partial charge in [0.25, 0.3) is 0 Å². The zero-order valence-electron chi connectivity index (χ0n) is 11.2. The lowest BCUT2D eigenvalue weighted by Gasteiger charge is -2.45. The topological polar surface area (TPSA) is 33.1 Å². The van der Waals surface area contributed by atoms with Crippen LogP contribution < -0.4 is 0 Å². The number of rotatable bonds is 1. The quantitative estimate of drug-likeness (QED) is 0.799. The highest BCUT2D eigenvalue weighted by Gasteiger charge is 2.69. The normalized spacial score (nSPS) is 41.3. The Kier molecular flexibility index (Phi) is 2.50. The molecule has 3 atom stereocenters. The van der Waals surface area contributed by atoms with Crippen molar-refractivity contribution in [2.45, 2.75) is 45.6 Å². The van der Waals surface area contributed by atoms with Crippen molar-refractivity contribution in [3.05, 3.63) is 28.5 Å². The molecule has 0 unspecified atom stereocenters. The zero-order chi connectivity index (χ0) is 13.2. The first-order valence-electron chi connectivity index (χ1n) is 6.67. The molecule has 2 nitrogen and oxygen atoms in total. The highest BCUT2D eigenvalue weighted by Crippen LogP contribution is 2.72. The molecular formula is C15H20BrNO. The Hall–Kier alpha value is -0.410. The van der Waals surface area contributed by atoms with Gasteiger partial charge in [0, 0.05) is 5.41 Å². The van der Waals surface area contributed by atoms with Crippen molar-refractivity contribution in [1.82, 2.24) is 4.98 Å². The van der Waals surface area contributed by atoms with Crippen LogP contribution in [0.1, 0.15) is 45.7 Å². The molecule has 3 rings (SSSR count). The van der Waals surface area contributed by atoms with Crippen LogP contribution in [0, 0.1) is 16.7 Å². The van der Waals surface area contributed by atoms with E-state index in [4.69, 9.17) is 0 Å². The molecule has 18 heavy (non-hydrogen) atoms. The molecule has 98 valence electrons. The summed E-state index contributed by atoms with van der Waals surface area (Å²) in [6.45, 7) is 6.85. The van der Waals surface area contributed by atoms with Crippen molar-refractivity contribution in [3.63, 3.8) is 0 Å². The van der Waals surface area contributed by atoms with Crippen LogP contribution in [0.5, 0.6) is 0 Å². The van der Waals surface area contributed by atoms with Crippen LogP contribution in [0.25, 0.3) is 0 Å². The summed E-state index contributed by atoms with van der Waals surface area (Å²) in [5.41, 5.74) is 0.169. The van der Waals surface area contributed by atoms with Crippen molar-refractivity contribution in [1.29, 1.82) is 0 Å². The van der Waals surface area contributed by atoms with Crippen molar-refractivity contribution < 1.29 is 5.11 Å². The minimum atomic E-state index is -0.775. The molecule has 0 spiro atoms. The van der Waals surface area contributed by atoms with Gasteiger partial charge in [0.15, 0.2) is 0 Å². The second kappa shape index (κ2) is 3.57. The lowest BCUT2D eigenvalue weighted by molar-refractivity contribution is -0.0988. The first kappa shape index (κ1) is 12.6. The van der Waals surface area contributed by atoms with Gasteiger partial charge in [-0.25, -0.2) is 4.98 Å². The Morgan fingerprint density at radius 3 is 2.56 bits per heavy atom. The summed E-state index contributed by atoms with van der Waals surface area (Å²) in [5.74, 6) is 0.605. The molecule has 1 aromatic rings. The summed E-state index contributed by atoms with van der Waals surface area (Å²) < 4.78 is 0.803. The SMILES string of the molecule is CC1(C)[C@@H]2CC[C@@]1(C)[C@@](O)(c1cccc(Br)n1)C2. The standard InChI is InChI=1S/C15H20BrNO/c1-13(2)10-7-8-14(13,3)15(18,9-10)11-5-4-6-12(16)17-11/h4-6,10,18H,7-9H2,1-3H3/t10-,14-,15+/m1/s1. The molecule has 2 fully saturated rings. The molecule has 2 aliphatic carbocycles. The van der Waals surface area contributed by atoms with E-state index in [1.54, 1.807) is 0 Å². The van der Waals surface area contributed by atoms with Gasteiger partial charge in [-0.1, -0.05) is 26.8 Å². The van der Waals surface area contributed by atoms with Gasteiger partial charge in [-0.2, -0.15) is 0 Å². The number of nitrogens with zero attached hydrogens (tertiary/aromatic N) is 1. The highest BCUT2D eigenvalue weighted by molar-refractivity contribution is 9.10. The molecule has 2 bridgehead atoms. The van der Waals surface area contributed by atoms with Crippen LogP contribution >= 0.6 is 15.9 Å². The fourth-order valence-electron chi connectivity index (χ4n) is 4.30. The molecule has 0 saturated heterocycles. The molecule has 1 aromatic heterocycles. The summed E-state index contributed by atoms with van der Waals surface area (Å²) in [5, 5.41) is 11.3. The third-order valence-corrected chi connectivity index (χ3v) is 6.47. The average Bonchev–Trinajstić information content (AvgIpc) is 2.61. The second-order valence-corrected chi connectivity index (χ2v) is 7.51. The third-order valence-electron chi connectivity index (χ3n) is 6.03. The Morgan fingerprint density at radius 2 is 2.06 bits per heavy atom. The minimum absolute atomic E-state index is 0.0710. The van der Waals surface area contributed by atoms with Gasteiger partial charge >= 0.3 is 0 Å². The van der Waals surface area contributed by atoms with E-state index in [0.717, 1.165) is 23.1 Å². The van der Waals surface area contributed by atoms with Crippen LogP contribution in [-0.2, 0) is 5.60 Å². The van der Waals surface area contributed by atoms with E-state index in [0.29, 0.717) is 5.92 Å². The highest BCUT2D eigenvalue weighted by atomic mass is 79.9. The molecule has 0 radical (unpaired) electrons. The van der Waals surface area contributed by atoms with Gasteiger partial charge in [0.2, 0.25) is 0 Å². The average molecular weight is 310 g/mol. The van der Waals surface area contributed by atoms with E-state index in [1.165, 1.54) is 6.42 Å². The smallest absolute Gasteiger partial charge is 0.113 e. The van der Waals surface area contributed by atoms with Crippen molar-refractivity contribution in [2.75, 3.05) is 0 Å². The van der Waals surface area contributed by atoms with E-state index in [9.17, 15) is 5.11 Å². The van der Waals surface area contributed by atoms with Crippen LogP contribution in [-0.4, -0.2) is 10.1 Å². The Bertz CT molecular complexity index is 501. The maximum Gasteiger partial charge on any atom is 0.113 e. The largest absolute Gasteiger partial charge is 0.383 e. The summed E-state index contributed by atoms with van der Waals surface area (Å²) in [6, 6.07) is 5.84. The number of pyridine rings is 1. The maximum absolute atomic E-state index is 11.3. The number of hydrogen-bond acceptors (Lipinski definition) is 2. The van der Waals surface area contributed by atoms with Crippen molar-refractivity contribution in [2.24, 2.45) is 16.7 Å². The van der Waals surface area contributed by atoms with Gasteiger partial charge in [-0.05, 0) is 58.7 Å². The molecule has 2 saturated carbocycles. The van der Waals surface area contributed by atoms with Crippen molar-refractivity contribution >= 4 is 15.9 Å². The molecule has 0 amide bonds. The maximum atomic E-state index is 11.3. The van der Waals surface area contributed by atoms with Gasteiger partial charge < -0.3 is 5.11 Å². The minimum Gasteiger partial charge on any atom is -0.383 e. The number of aliphatic hydroxyl groups is 1. The molecular weight excluding hydrogens is 290 g/mol. The van der Waals surface area contributed by atoms with E-state index in [2.05, 4.69) is 41.7 Å². The van der Waals surface area contributed by atoms with Crippen molar-refractivity contribution in [3.8, 4) is 0 Å². The predicted molar refractivity (Wildman–Crippen MR) is 75.1 cm³/mol. The van der Waals surface area contributed by atoms with Gasteiger partial charge in [0.05, 0.1) is 5.69 Å². The molecule has 1 N–H and O–H groups in total. The van der Waals surface area contributed by atoms with Crippen LogP contribution in [0.15, 0.2) is 22.8 Å². The molecule has 1 heterocycles. The third kappa shape index (κ3) is 1.30. The van der Waals surface area contributed by atoms with E-state index >= 15 is 0 Å². The number of hydrogen-bond donors (Lipinski definition) is 1. The summed E-state index contributed by atoms with van der Waals surface area (Å²) in [6.07, 6.45) is 3.18. The van der Waals surface area contributed by atoms with Gasteiger partial charge in [-0.3, -0.25) is 0 Å². The van der Waals surface area contributed by atoms with Crippen LogP contribution in [0.4, 0.5) is 0 Å². The summed E-state index contributed by atoms with van der Waals surface area (Å²) in [7, 11) is 0. The Balaban J connectivity index is 2.13.